The number of Topliss-reactive ketones (excluding diaryl/α,β-unsaturated/α-hetero) is 1. The lowest BCUT2D eigenvalue weighted by Gasteiger charge is -2.24. The molecular formula is C32H23Cl2N3O6S2. The fourth-order valence-electron chi connectivity index (χ4n) is 4.86. The molecule has 1 aliphatic heterocycles. The number of benzene rings is 3. The highest BCUT2D eigenvalue weighted by Gasteiger charge is 2.47. The molecule has 228 valence electrons. The Morgan fingerprint density at radius 2 is 1.98 bits per heavy atom. The molecule has 5 aromatic rings. The normalized spacial score (nSPS) is 14.8. The summed E-state index contributed by atoms with van der Waals surface area (Å²) in [6.45, 7) is 3.93. The lowest BCUT2D eigenvalue weighted by Crippen LogP contribution is -2.31. The monoisotopic (exact) mass is 679 g/mol. The molecule has 13 heteroatoms. The maximum atomic E-state index is 14.1. The van der Waals surface area contributed by atoms with E-state index in [0.717, 1.165) is 16.9 Å². The molecule has 0 fully saturated rings. The Labute approximate surface area is 275 Å². The Bertz CT molecular complexity index is 1990. The standard InChI is InChI=1S/C32H23Cl2N3O6S2/c1-3-12-42-21-8-4-6-17(13-21)26-25(27(38)24-14-18-7-5-9-23(41-2)29(18)43-24)28(39)30(40)37(26)31-35-36-32(45-31)44-16-19-10-11-20(33)15-22(19)34/h3-11,13-15,26,39H,1,12,16H2,2H3. The van der Waals surface area contributed by atoms with Crippen molar-refractivity contribution in [1.82, 2.24) is 10.2 Å². The van der Waals surface area contributed by atoms with Gasteiger partial charge in [-0.1, -0.05) is 89.3 Å². The number of amides is 1. The predicted molar refractivity (Wildman–Crippen MR) is 175 cm³/mol. The van der Waals surface area contributed by atoms with E-state index in [9.17, 15) is 14.7 Å². The van der Waals surface area contributed by atoms with Gasteiger partial charge in [0.2, 0.25) is 10.9 Å². The van der Waals surface area contributed by atoms with Crippen molar-refractivity contribution in [3.8, 4) is 11.5 Å². The zero-order valence-corrected chi connectivity index (χ0v) is 26.7. The number of halogens is 2. The molecule has 3 heterocycles. The summed E-state index contributed by atoms with van der Waals surface area (Å²) in [5, 5.41) is 21.6. The molecule has 0 bridgehead atoms. The number of aliphatic hydroxyl groups is 1. The van der Waals surface area contributed by atoms with Gasteiger partial charge >= 0.3 is 0 Å². The molecule has 0 aliphatic carbocycles. The number of aliphatic hydroxyl groups excluding tert-OH is 1. The topological polar surface area (TPSA) is 115 Å². The summed E-state index contributed by atoms with van der Waals surface area (Å²) >= 11 is 14.9. The van der Waals surface area contributed by atoms with Crippen molar-refractivity contribution in [2.24, 2.45) is 0 Å². The number of carbonyl (C=O) groups is 2. The minimum Gasteiger partial charge on any atom is -0.503 e. The smallest absolute Gasteiger partial charge is 0.296 e. The van der Waals surface area contributed by atoms with Gasteiger partial charge in [0.05, 0.1) is 18.7 Å². The van der Waals surface area contributed by atoms with Gasteiger partial charge in [0, 0.05) is 21.2 Å². The second-order valence-corrected chi connectivity index (χ2v) is 12.7. The number of methoxy groups -OCH3 is 1. The maximum absolute atomic E-state index is 14.1. The van der Waals surface area contributed by atoms with Crippen LogP contribution in [0.5, 0.6) is 11.5 Å². The molecule has 3 aromatic carbocycles. The van der Waals surface area contributed by atoms with Gasteiger partial charge in [0.15, 0.2) is 27.2 Å². The highest BCUT2D eigenvalue weighted by molar-refractivity contribution is 8.00. The van der Waals surface area contributed by atoms with Gasteiger partial charge in [0.25, 0.3) is 5.91 Å². The predicted octanol–water partition coefficient (Wildman–Crippen LogP) is 8.24. The first-order valence-electron chi connectivity index (χ1n) is 13.4. The summed E-state index contributed by atoms with van der Waals surface area (Å²) in [6, 6.07) is 17.9. The number of furan rings is 1. The van der Waals surface area contributed by atoms with Crippen LogP contribution in [0.2, 0.25) is 10.0 Å². The fourth-order valence-corrected chi connectivity index (χ4v) is 7.28. The van der Waals surface area contributed by atoms with Crippen molar-refractivity contribution in [1.29, 1.82) is 0 Å². The molecule has 0 saturated carbocycles. The molecule has 1 aliphatic rings. The average Bonchev–Trinajstić information content (AvgIpc) is 3.76. The van der Waals surface area contributed by atoms with Crippen LogP contribution in [-0.2, 0) is 10.5 Å². The lowest BCUT2D eigenvalue weighted by molar-refractivity contribution is -0.117. The van der Waals surface area contributed by atoms with E-state index in [1.165, 1.54) is 23.8 Å². The van der Waals surface area contributed by atoms with Gasteiger partial charge < -0.3 is 19.0 Å². The Balaban J connectivity index is 1.38. The van der Waals surface area contributed by atoms with Crippen molar-refractivity contribution >= 4 is 74.1 Å². The van der Waals surface area contributed by atoms with E-state index in [0.29, 0.717) is 48.2 Å². The second kappa shape index (κ2) is 13.0. The van der Waals surface area contributed by atoms with E-state index in [-0.39, 0.29) is 23.1 Å². The van der Waals surface area contributed by atoms with Crippen molar-refractivity contribution in [2.45, 2.75) is 16.1 Å². The van der Waals surface area contributed by atoms with E-state index in [4.69, 9.17) is 37.1 Å². The number of carbonyl (C=O) groups excluding carboxylic acids is 2. The third-order valence-corrected chi connectivity index (χ3v) is 9.61. The van der Waals surface area contributed by atoms with Crippen LogP contribution in [0.25, 0.3) is 11.0 Å². The zero-order chi connectivity index (χ0) is 31.7. The van der Waals surface area contributed by atoms with E-state index in [2.05, 4.69) is 16.8 Å². The van der Waals surface area contributed by atoms with Crippen LogP contribution in [0.3, 0.4) is 0 Å². The van der Waals surface area contributed by atoms with Gasteiger partial charge in [-0.2, -0.15) is 0 Å². The van der Waals surface area contributed by atoms with Crippen LogP contribution in [0.1, 0.15) is 27.7 Å². The van der Waals surface area contributed by atoms with Crippen LogP contribution in [0, 0.1) is 0 Å². The molecule has 1 atom stereocenters. The van der Waals surface area contributed by atoms with Gasteiger partial charge in [-0.3, -0.25) is 14.5 Å². The van der Waals surface area contributed by atoms with Gasteiger partial charge in [-0.05, 0) is 47.5 Å². The van der Waals surface area contributed by atoms with Crippen molar-refractivity contribution < 1.29 is 28.6 Å². The van der Waals surface area contributed by atoms with Crippen LogP contribution >= 0.6 is 46.3 Å². The van der Waals surface area contributed by atoms with Crippen LogP contribution in [-0.4, -0.2) is 40.7 Å². The van der Waals surface area contributed by atoms with E-state index < -0.39 is 23.5 Å². The number of anilines is 1. The highest BCUT2D eigenvalue weighted by atomic mass is 35.5. The number of aromatic nitrogens is 2. The molecular weight excluding hydrogens is 657 g/mol. The third kappa shape index (κ3) is 6.04. The van der Waals surface area contributed by atoms with E-state index >= 15 is 0 Å². The Kier molecular flexibility index (Phi) is 8.86. The summed E-state index contributed by atoms with van der Waals surface area (Å²) in [6.07, 6.45) is 1.60. The molecule has 9 nitrogen and oxygen atoms in total. The van der Waals surface area contributed by atoms with E-state index in [1.807, 2.05) is 6.07 Å². The number of para-hydroxylation sites is 1. The molecule has 1 unspecified atom stereocenters. The summed E-state index contributed by atoms with van der Waals surface area (Å²) in [5.74, 6) is -0.845. The van der Waals surface area contributed by atoms with E-state index in [1.54, 1.807) is 66.7 Å². The Hall–Kier alpha value is -4.29. The van der Waals surface area contributed by atoms with Crippen molar-refractivity contribution in [3.63, 3.8) is 0 Å². The first-order valence-corrected chi connectivity index (χ1v) is 16.0. The molecule has 0 spiro atoms. The number of hydrogen-bond acceptors (Lipinski definition) is 10. The number of hydrogen-bond donors (Lipinski definition) is 1. The highest BCUT2D eigenvalue weighted by Crippen LogP contribution is 2.45. The van der Waals surface area contributed by atoms with Crippen molar-refractivity contribution in [3.05, 3.63) is 118 Å². The SMILES string of the molecule is C=CCOc1cccc(C2C(C(=O)c3cc4cccc(OC)c4o3)=C(O)C(=O)N2c2nnc(SCc3ccc(Cl)cc3Cl)s2)c1. The molecule has 0 radical (unpaired) electrons. The van der Waals surface area contributed by atoms with Crippen molar-refractivity contribution in [2.75, 3.05) is 18.6 Å². The maximum Gasteiger partial charge on any atom is 0.296 e. The lowest BCUT2D eigenvalue weighted by atomic mass is 9.95. The fraction of sp³-hybridized carbons (Fsp3) is 0.125. The zero-order valence-electron chi connectivity index (χ0n) is 23.5. The Morgan fingerprint density at radius 3 is 2.76 bits per heavy atom. The van der Waals surface area contributed by atoms with Crippen LogP contribution < -0.4 is 14.4 Å². The number of rotatable bonds is 11. The molecule has 0 saturated heterocycles. The minimum atomic E-state index is -1.07. The number of ether oxygens (including phenoxy) is 2. The molecule has 1 amide bonds. The minimum absolute atomic E-state index is 0.0666. The van der Waals surface area contributed by atoms with Gasteiger partial charge in [-0.15, -0.1) is 10.2 Å². The molecule has 2 aromatic heterocycles. The first kappa shape index (κ1) is 30.7. The summed E-state index contributed by atoms with van der Waals surface area (Å²) in [7, 11) is 1.50. The molecule has 45 heavy (non-hydrogen) atoms. The van der Waals surface area contributed by atoms with Gasteiger partial charge in [0.1, 0.15) is 12.4 Å². The molecule has 1 N–H and O–H groups in total. The van der Waals surface area contributed by atoms with Gasteiger partial charge in [-0.25, -0.2) is 0 Å². The summed E-state index contributed by atoms with van der Waals surface area (Å²) in [5.41, 5.74) is 1.55. The third-order valence-electron chi connectivity index (χ3n) is 6.91. The average molecular weight is 681 g/mol. The molecule has 6 rings (SSSR count). The first-order chi connectivity index (χ1) is 21.8. The number of ketones is 1. The quantitative estimate of drug-likeness (QED) is 0.0638. The summed E-state index contributed by atoms with van der Waals surface area (Å²) in [4.78, 5) is 29.0. The largest absolute Gasteiger partial charge is 0.503 e. The van der Waals surface area contributed by atoms with Crippen LogP contribution in [0.4, 0.5) is 5.13 Å². The summed E-state index contributed by atoms with van der Waals surface area (Å²) < 4.78 is 17.6. The van der Waals surface area contributed by atoms with Crippen LogP contribution in [0.15, 0.2) is 99.5 Å². The number of thioether (sulfide) groups is 1. The Morgan fingerprint density at radius 1 is 1.16 bits per heavy atom. The number of fused-ring (bicyclic) bond motifs is 1. The number of nitrogens with zero attached hydrogens (tertiary/aromatic N) is 3. The second-order valence-electron chi connectivity index (χ2n) is 9.71.